The highest BCUT2D eigenvalue weighted by molar-refractivity contribution is 5.94. The molecule has 0 aliphatic carbocycles. The van der Waals surface area contributed by atoms with E-state index in [1.54, 1.807) is 19.1 Å². The zero-order valence-corrected chi connectivity index (χ0v) is 17.5. The Labute approximate surface area is 176 Å². The number of aryl methyl sites for hydroxylation is 1. The number of fused-ring (bicyclic) bond motifs is 1. The van der Waals surface area contributed by atoms with Crippen LogP contribution in [0.3, 0.4) is 0 Å². The van der Waals surface area contributed by atoms with Gasteiger partial charge in [-0.3, -0.25) is 4.79 Å². The van der Waals surface area contributed by atoms with Crippen molar-refractivity contribution in [3.05, 3.63) is 64.5 Å². The third kappa shape index (κ3) is 4.11. The lowest BCUT2D eigenvalue weighted by Crippen LogP contribution is -2.43. The molecule has 0 radical (unpaired) electrons. The molecule has 0 saturated carbocycles. The molecule has 2 aromatic carbocycles. The van der Waals surface area contributed by atoms with Gasteiger partial charge >= 0.3 is 5.63 Å². The summed E-state index contributed by atoms with van der Waals surface area (Å²) < 4.78 is 11.4. The van der Waals surface area contributed by atoms with Crippen molar-refractivity contribution in [2.45, 2.75) is 45.6 Å². The number of amides is 1. The van der Waals surface area contributed by atoms with Crippen LogP contribution in [0.15, 0.2) is 57.7 Å². The van der Waals surface area contributed by atoms with Crippen molar-refractivity contribution in [3.63, 3.8) is 0 Å². The lowest BCUT2D eigenvalue weighted by atomic mass is 9.96. The predicted octanol–water partition coefficient (Wildman–Crippen LogP) is 4.80. The quantitative estimate of drug-likeness (QED) is 0.572. The molecule has 2 heterocycles. The van der Waals surface area contributed by atoms with E-state index in [0.717, 1.165) is 48.9 Å². The first-order chi connectivity index (χ1) is 14.6. The first kappa shape index (κ1) is 20.2. The number of hydrogen-bond acceptors (Lipinski definition) is 4. The van der Waals surface area contributed by atoms with Crippen LogP contribution < -0.4 is 10.4 Å². The van der Waals surface area contributed by atoms with E-state index in [1.165, 1.54) is 12.0 Å². The van der Waals surface area contributed by atoms with Crippen molar-refractivity contribution in [3.8, 4) is 16.9 Å². The zero-order valence-electron chi connectivity index (χ0n) is 17.5. The van der Waals surface area contributed by atoms with Gasteiger partial charge in [-0.2, -0.15) is 0 Å². The molecule has 1 amide bonds. The van der Waals surface area contributed by atoms with Gasteiger partial charge in [0.15, 0.2) is 6.10 Å². The molecule has 4 rings (SSSR count). The number of piperidine rings is 1. The molecule has 5 nitrogen and oxygen atoms in total. The topological polar surface area (TPSA) is 59.8 Å². The fourth-order valence-corrected chi connectivity index (χ4v) is 4.16. The fourth-order valence-electron chi connectivity index (χ4n) is 4.16. The highest BCUT2D eigenvalue weighted by Crippen LogP contribution is 2.32. The maximum Gasteiger partial charge on any atom is 0.336 e. The molecule has 1 aromatic heterocycles. The van der Waals surface area contributed by atoms with Crippen molar-refractivity contribution in [1.29, 1.82) is 0 Å². The van der Waals surface area contributed by atoms with Crippen LogP contribution in [0.2, 0.25) is 0 Å². The number of carbonyl (C=O) groups excluding carboxylic acids is 1. The molecule has 0 N–H and O–H groups in total. The normalized spacial score (nSPS) is 15.2. The lowest BCUT2D eigenvalue weighted by Gasteiger charge is -2.29. The number of benzene rings is 2. The van der Waals surface area contributed by atoms with E-state index in [4.69, 9.17) is 9.15 Å². The van der Waals surface area contributed by atoms with Crippen molar-refractivity contribution < 1.29 is 13.9 Å². The summed E-state index contributed by atoms with van der Waals surface area (Å²) in [5, 5.41) is 0.845. The third-order valence-electron chi connectivity index (χ3n) is 5.73. The second-order valence-electron chi connectivity index (χ2n) is 7.79. The Bertz CT molecular complexity index is 1110. The van der Waals surface area contributed by atoms with Gasteiger partial charge in [-0.05, 0) is 55.9 Å². The maximum atomic E-state index is 12.7. The summed E-state index contributed by atoms with van der Waals surface area (Å²) in [5.74, 6) is 0.520. The predicted molar refractivity (Wildman–Crippen MR) is 118 cm³/mol. The van der Waals surface area contributed by atoms with Gasteiger partial charge in [0.05, 0.1) is 0 Å². The molecule has 1 saturated heterocycles. The average Bonchev–Trinajstić information content (AvgIpc) is 2.78. The Kier molecular flexibility index (Phi) is 5.88. The van der Waals surface area contributed by atoms with Gasteiger partial charge in [0.25, 0.3) is 5.91 Å². The summed E-state index contributed by atoms with van der Waals surface area (Å²) in [6, 6.07) is 15.0. The second-order valence-corrected chi connectivity index (χ2v) is 7.79. The van der Waals surface area contributed by atoms with E-state index >= 15 is 0 Å². The summed E-state index contributed by atoms with van der Waals surface area (Å²) in [6.45, 7) is 5.45. The van der Waals surface area contributed by atoms with E-state index in [9.17, 15) is 9.59 Å². The first-order valence-electron chi connectivity index (χ1n) is 10.7. The largest absolute Gasteiger partial charge is 0.481 e. The van der Waals surface area contributed by atoms with E-state index in [0.29, 0.717) is 11.3 Å². The molecule has 1 aliphatic heterocycles. The summed E-state index contributed by atoms with van der Waals surface area (Å²) in [5.41, 5.74) is 3.10. The van der Waals surface area contributed by atoms with Gasteiger partial charge in [0.2, 0.25) is 0 Å². The average molecular weight is 405 g/mol. The molecular weight excluding hydrogens is 378 g/mol. The summed E-state index contributed by atoms with van der Waals surface area (Å²) in [6.07, 6.45) is 3.54. The molecule has 156 valence electrons. The Morgan fingerprint density at radius 1 is 1.07 bits per heavy atom. The van der Waals surface area contributed by atoms with Gasteiger partial charge in [-0.15, -0.1) is 0 Å². The van der Waals surface area contributed by atoms with Gasteiger partial charge in [0.1, 0.15) is 11.3 Å². The van der Waals surface area contributed by atoms with Crippen LogP contribution in [0.4, 0.5) is 0 Å². The zero-order chi connectivity index (χ0) is 21.1. The SMILES string of the molecule is CCc1ccccc1-c1cc(=O)oc2cc(O[C@H](C)C(=O)N3CCCCC3)ccc12. The van der Waals surface area contributed by atoms with Crippen LogP contribution in [-0.4, -0.2) is 30.0 Å². The van der Waals surface area contributed by atoms with Crippen molar-refractivity contribution in [2.24, 2.45) is 0 Å². The van der Waals surface area contributed by atoms with Crippen LogP contribution >= 0.6 is 0 Å². The lowest BCUT2D eigenvalue weighted by molar-refractivity contribution is -0.138. The van der Waals surface area contributed by atoms with Crippen LogP contribution in [0.5, 0.6) is 5.75 Å². The Hall–Kier alpha value is -3.08. The number of nitrogens with zero attached hydrogens (tertiary/aromatic N) is 1. The van der Waals surface area contributed by atoms with Crippen LogP contribution in [0, 0.1) is 0 Å². The Morgan fingerprint density at radius 2 is 1.83 bits per heavy atom. The van der Waals surface area contributed by atoms with Crippen molar-refractivity contribution in [2.75, 3.05) is 13.1 Å². The van der Waals surface area contributed by atoms with Gasteiger partial charge in [0, 0.05) is 36.2 Å². The first-order valence-corrected chi connectivity index (χ1v) is 10.7. The molecule has 0 spiro atoms. The summed E-state index contributed by atoms with van der Waals surface area (Å²) in [4.78, 5) is 26.8. The summed E-state index contributed by atoms with van der Waals surface area (Å²) >= 11 is 0. The smallest absolute Gasteiger partial charge is 0.336 e. The van der Waals surface area contributed by atoms with Crippen LogP contribution in [-0.2, 0) is 11.2 Å². The van der Waals surface area contributed by atoms with E-state index in [-0.39, 0.29) is 5.91 Å². The monoisotopic (exact) mass is 405 g/mol. The van der Waals surface area contributed by atoms with E-state index < -0.39 is 11.7 Å². The van der Waals surface area contributed by atoms with Crippen molar-refractivity contribution >= 4 is 16.9 Å². The molecule has 3 aromatic rings. The number of carbonyl (C=O) groups is 1. The van der Waals surface area contributed by atoms with Gasteiger partial charge in [-0.25, -0.2) is 4.79 Å². The number of rotatable bonds is 5. The number of likely N-dealkylation sites (tertiary alicyclic amines) is 1. The number of hydrogen-bond donors (Lipinski definition) is 0. The molecule has 1 aliphatic rings. The highest BCUT2D eigenvalue weighted by atomic mass is 16.5. The van der Waals surface area contributed by atoms with Gasteiger partial charge < -0.3 is 14.1 Å². The standard InChI is InChI=1S/C25H27NO4/c1-3-18-9-5-6-10-20(18)22-16-24(27)30-23-15-19(11-12-21(22)23)29-17(2)25(28)26-13-7-4-8-14-26/h5-6,9-12,15-17H,3-4,7-8,13-14H2,1-2H3/t17-/m1/s1. The minimum absolute atomic E-state index is 0.00173. The summed E-state index contributed by atoms with van der Waals surface area (Å²) in [7, 11) is 0. The number of ether oxygens (including phenoxy) is 1. The van der Waals surface area contributed by atoms with Crippen LogP contribution in [0.25, 0.3) is 22.1 Å². The Morgan fingerprint density at radius 3 is 2.60 bits per heavy atom. The Balaban J connectivity index is 1.65. The second kappa shape index (κ2) is 8.74. The van der Waals surface area contributed by atoms with E-state index in [1.807, 2.05) is 35.2 Å². The molecule has 1 fully saturated rings. The third-order valence-corrected chi connectivity index (χ3v) is 5.73. The highest BCUT2D eigenvalue weighted by Gasteiger charge is 2.23. The maximum absolute atomic E-state index is 12.7. The van der Waals surface area contributed by atoms with Crippen LogP contribution in [0.1, 0.15) is 38.7 Å². The molecule has 30 heavy (non-hydrogen) atoms. The molecule has 0 bridgehead atoms. The molecule has 0 unspecified atom stereocenters. The molecule has 5 heteroatoms. The fraction of sp³-hybridized carbons (Fsp3) is 0.360. The molecule has 1 atom stereocenters. The van der Waals surface area contributed by atoms with E-state index in [2.05, 4.69) is 13.0 Å². The molecular formula is C25H27NO4. The minimum Gasteiger partial charge on any atom is -0.481 e. The minimum atomic E-state index is -0.587. The van der Waals surface area contributed by atoms with Gasteiger partial charge in [-0.1, -0.05) is 31.2 Å². The van der Waals surface area contributed by atoms with Crippen molar-refractivity contribution in [1.82, 2.24) is 4.90 Å².